The summed E-state index contributed by atoms with van der Waals surface area (Å²) in [7, 11) is 3.95. The van der Waals surface area contributed by atoms with Crippen molar-refractivity contribution in [2.75, 3.05) is 39.0 Å². The van der Waals surface area contributed by atoms with Gasteiger partial charge in [0.05, 0.1) is 11.6 Å². The molecule has 0 bridgehead atoms. The van der Waals surface area contributed by atoms with Crippen molar-refractivity contribution in [1.29, 1.82) is 5.26 Å². The zero-order chi connectivity index (χ0) is 30.0. The molecule has 2 aromatic rings. The number of nitriles is 1. The monoisotopic (exact) mass is 572 g/mol. The lowest BCUT2D eigenvalue weighted by Crippen LogP contribution is -2.43. The number of fused-ring (bicyclic) bond motifs is 1. The standard InChI is InChI=1S/C15H28N2.C14H15N.C8H10FN/c1-3-16(2)13-14-9-11-17(12-10-14)15-7-5-4-6-8-15;15-10-11-4-3-6-12(8-11)14-7-2-1-5-13(14)9-14;1-6-5-7(10-2)3-4-8(6)9/h3,14-15H,1,4-13H2,2H3;3-4,6,8,13H,1-2,5,7,9H2;3-5,10H,1-2H3. The molecule has 228 valence electrons. The van der Waals surface area contributed by atoms with E-state index in [9.17, 15) is 4.39 Å². The molecule has 5 heteroatoms. The van der Waals surface area contributed by atoms with Gasteiger partial charge in [-0.2, -0.15) is 5.26 Å². The molecule has 6 rings (SSSR count). The van der Waals surface area contributed by atoms with Crippen molar-refractivity contribution in [2.24, 2.45) is 11.8 Å². The minimum atomic E-state index is -0.154. The predicted octanol–water partition coefficient (Wildman–Crippen LogP) is 8.67. The summed E-state index contributed by atoms with van der Waals surface area (Å²) in [6.45, 7) is 9.44. The van der Waals surface area contributed by atoms with Crippen LogP contribution in [0.5, 0.6) is 0 Å². The Labute approximate surface area is 255 Å². The van der Waals surface area contributed by atoms with Crippen LogP contribution in [0.4, 0.5) is 10.1 Å². The molecule has 1 heterocycles. The van der Waals surface area contributed by atoms with E-state index in [1.807, 2.05) is 25.4 Å². The third-order valence-electron chi connectivity index (χ3n) is 10.3. The minimum absolute atomic E-state index is 0.154. The first-order chi connectivity index (χ1) is 20.4. The minimum Gasteiger partial charge on any atom is -0.388 e. The van der Waals surface area contributed by atoms with Crippen LogP contribution >= 0.6 is 0 Å². The van der Waals surface area contributed by atoms with Gasteiger partial charge in [0.25, 0.3) is 0 Å². The van der Waals surface area contributed by atoms with Gasteiger partial charge in [-0.05, 0) is 130 Å². The summed E-state index contributed by atoms with van der Waals surface area (Å²) >= 11 is 0. The van der Waals surface area contributed by atoms with Crippen molar-refractivity contribution in [1.82, 2.24) is 9.80 Å². The molecule has 3 saturated carbocycles. The van der Waals surface area contributed by atoms with E-state index in [0.29, 0.717) is 11.0 Å². The molecule has 2 aromatic carbocycles. The fraction of sp³-hybridized carbons (Fsp3) is 0.595. The number of anilines is 1. The van der Waals surface area contributed by atoms with Crippen LogP contribution in [0, 0.1) is 35.9 Å². The number of hydrogen-bond donors (Lipinski definition) is 1. The molecule has 4 nitrogen and oxygen atoms in total. The Morgan fingerprint density at radius 1 is 1.05 bits per heavy atom. The van der Waals surface area contributed by atoms with Gasteiger partial charge in [-0.1, -0.05) is 50.8 Å². The highest BCUT2D eigenvalue weighted by Crippen LogP contribution is 2.62. The topological polar surface area (TPSA) is 42.3 Å². The van der Waals surface area contributed by atoms with E-state index in [2.05, 4.69) is 46.9 Å². The second-order valence-electron chi connectivity index (χ2n) is 13.1. The Kier molecular flexibility index (Phi) is 11.9. The number of hydrogen-bond acceptors (Lipinski definition) is 4. The fourth-order valence-corrected chi connectivity index (χ4v) is 7.52. The van der Waals surface area contributed by atoms with Crippen LogP contribution in [0.15, 0.2) is 55.2 Å². The van der Waals surface area contributed by atoms with Gasteiger partial charge >= 0.3 is 0 Å². The third-order valence-corrected chi connectivity index (χ3v) is 10.3. The highest BCUT2D eigenvalue weighted by Gasteiger charge is 2.55. The number of benzene rings is 2. The number of piperidine rings is 1. The van der Waals surface area contributed by atoms with Gasteiger partial charge in [0.15, 0.2) is 0 Å². The molecule has 1 saturated heterocycles. The number of halogens is 1. The van der Waals surface area contributed by atoms with E-state index >= 15 is 0 Å². The van der Waals surface area contributed by atoms with Gasteiger partial charge in [-0.15, -0.1) is 0 Å². The van der Waals surface area contributed by atoms with Gasteiger partial charge in [0.1, 0.15) is 5.82 Å². The lowest BCUT2D eigenvalue weighted by atomic mass is 9.82. The maximum atomic E-state index is 12.6. The zero-order valence-electron chi connectivity index (χ0n) is 26.4. The van der Waals surface area contributed by atoms with Crippen LogP contribution in [0.3, 0.4) is 0 Å². The highest BCUT2D eigenvalue weighted by atomic mass is 19.1. The highest BCUT2D eigenvalue weighted by molar-refractivity contribution is 5.45. The largest absolute Gasteiger partial charge is 0.388 e. The summed E-state index contributed by atoms with van der Waals surface area (Å²) in [6, 6.07) is 16.4. The Balaban J connectivity index is 0.000000150. The number of nitrogens with one attached hydrogen (secondary N) is 1. The van der Waals surface area contributed by atoms with Crippen LogP contribution in [-0.4, -0.2) is 49.6 Å². The molecule has 0 amide bonds. The quantitative estimate of drug-likeness (QED) is 0.376. The summed E-state index contributed by atoms with van der Waals surface area (Å²) in [5.41, 5.74) is 4.33. The van der Waals surface area contributed by atoms with Crippen LogP contribution < -0.4 is 5.32 Å². The first-order valence-electron chi connectivity index (χ1n) is 16.4. The molecule has 0 aromatic heterocycles. The molecule has 1 N–H and O–H groups in total. The van der Waals surface area contributed by atoms with Crippen LogP contribution in [0.1, 0.15) is 93.7 Å². The van der Waals surface area contributed by atoms with Gasteiger partial charge in [-0.3, -0.25) is 0 Å². The van der Waals surface area contributed by atoms with Gasteiger partial charge in [-0.25, -0.2) is 4.39 Å². The van der Waals surface area contributed by atoms with E-state index in [-0.39, 0.29) is 5.82 Å². The molecule has 42 heavy (non-hydrogen) atoms. The molecule has 2 unspecified atom stereocenters. The summed E-state index contributed by atoms with van der Waals surface area (Å²) in [5.74, 6) is 1.65. The van der Waals surface area contributed by atoms with Crippen molar-refractivity contribution < 1.29 is 4.39 Å². The van der Waals surface area contributed by atoms with E-state index in [1.165, 1.54) is 108 Å². The average Bonchev–Trinajstić information content (AvgIpc) is 3.80. The second-order valence-corrected chi connectivity index (χ2v) is 13.1. The molecule has 2 atom stereocenters. The summed E-state index contributed by atoms with van der Waals surface area (Å²) in [5, 5.41) is 11.8. The number of aryl methyl sites for hydroxylation is 1. The summed E-state index contributed by atoms with van der Waals surface area (Å²) in [6.07, 6.45) is 18.9. The van der Waals surface area contributed by atoms with Gasteiger partial charge in [0.2, 0.25) is 0 Å². The SMILES string of the molecule is C=CN(C)CC1CCN(C2CCCCC2)CC1.CNc1ccc(F)c(C)c1.N#Cc1cccc(C23CCCCC2C3)c1. The molecule has 4 aliphatic rings. The molecular formula is C37H53FN4. The summed E-state index contributed by atoms with van der Waals surface area (Å²) in [4.78, 5) is 5.00. The number of rotatable bonds is 6. The number of nitrogens with zero attached hydrogens (tertiary/aromatic N) is 3. The maximum absolute atomic E-state index is 12.6. The lowest BCUT2D eigenvalue weighted by Gasteiger charge is -2.40. The van der Waals surface area contributed by atoms with Crippen molar-refractivity contribution in [2.45, 2.75) is 95.4 Å². The Bertz CT molecular complexity index is 1170. The predicted molar refractivity (Wildman–Crippen MR) is 174 cm³/mol. The van der Waals surface area contributed by atoms with Crippen LogP contribution in [-0.2, 0) is 5.41 Å². The molecule has 1 aliphatic heterocycles. The normalized spacial score (nSPS) is 24.0. The van der Waals surface area contributed by atoms with E-state index in [0.717, 1.165) is 29.1 Å². The van der Waals surface area contributed by atoms with Gasteiger partial charge < -0.3 is 15.1 Å². The maximum Gasteiger partial charge on any atom is 0.126 e. The van der Waals surface area contributed by atoms with Crippen molar-refractivity contribution in [3.8, 4) is 6.07 Å². The van der Waals surface area contributed by atoms with Crippen molar-refractivity contribution in [3.05, 3.63) is 77.8 Å². The number of likely N-dealkylation sites (tertiary alicyclic amines) is 1. The molecular weight excluding hydrogens is 519 g/mol. The van der Waals surface area contributed by atoms with Gasteiger partial charge in [0, 0.05) is 32.4 Å². The van der Waals surface area contributed by atoms with Crippen LogP contribution in [0.25, 0.3) is 0 Å². The Hall–Kier alpha value is -2.84. The first-order valence-corrected chi connectivity index (χ1v) is 16.4. The lowest BCUT2D eigenvalue weighted by molar-refractivity contribution is 0.0999. The first kappa shape index (κ1) is 32.1. The van der Waals surface area contributed by atoms with Crippen LogP contribution in [0.2, 0.25) is 0 Å². The Morgan fingerprint density at radius 2 is 1.79 bits per heavy atom. The van der Waals surface area contributed by atoms with E-state index in [4.69, 9.17) is 5.26 Å². The van der Waals surface area contributed by atoms with Crippen molar-refractivity contribution in [3.63, 3.8) is 0 Å². The average molecular weight is 573 g/mol. The molecule has 0 radical (unpaired) electrons. The molecule has 4 fully saturated rings. The molecule has 3 aliphatic carbocycles. The zero-order valence-corrected chi connectivity index (χ0v) is 26.4. The summed E-state index contributed by atoms with van der Waals surface area (Å²) < 4.78 is 12.6. The van der Waals surface area contributed by atoms with E-state index in [1.54, 1.807) is 19.1 Å². The van der Waals surface area contributed by atoms with E-state index < -0.39 is 0 Å². The fourth-order valence-electron chi connectivity index (χ4n) is 7.52. The van der Waals surface area contributed by atoms with Crippen molar-refractivity contribution >= 4 is 5.69 Å². The smallest absolute Gasteiger partial charge is 0.126 e. The third kappa shape index (κ3) is 8.60. The Morgan fingerprint density at radius 3 is 2.43 bits per heavy atom. The molecule has 0 spiro atoms. The second kappa shape index (κ2) is 15.6.